The Kier molecular flexibility index (Phi) is 5.06. The average molecular weight is 348 g/mol. The summed E-state index contributed by atoms with van der Waals surface area (Å²) in [4.78, 5) is 10.2. The summed E-state index contributed by atoms with van der Waals surface area (Å²) in [7, 11) is -3.66. The molecule has 3 rings (SSSR count). The van der Waals surface area contributed by atoms with Gasteiger partial charge >= 0.3 is 0 Å². The van der Waals surface area contributed by atoms with Gasteiger partial charge in [-0.1, -0.05) is 6.07 Å². The van der Waals surface area contributed by atoms with E-state index in [9.17, 15) is 18.5 Å². The molecule has 2 aliphatic heterocycles. The molecule has 2 saturated heterocycles. The van der Waals surface area contributed by atoms with Crippen LogP contribution in [0.3, 0.4) is 0 Å². The van der Waals surface area contributed by atoms with Gasteiger partial charge in [-0.15, -0.1) is 12.4 Å². The smallest absolute Gasteiger partial charge is 0.270 e. The molecular weight excluding hydrogens is 330 g/mol. The summed E-state index contributed by atoms with van der Waals surface area (Å²) in [6, 6.07) is 5.66. The third kappa shape index (κ3) is 3.10. The van der Waals surface area contributed by atoms with Crippen LogP contribution in [0.2, 0.25) is 0 Å². The number of benzene rings is 1. The van der Waals surface area contributed by atoms with Gasteiger partial charge in [0.2, 0.25) is 10.0 Å². The van der Waals surface area contributed by atoms with E-state index in [-0.39, 0.29) is 23.0 Å². The van der Waals surface area contributed by atoms with E-state index in [1.165, 1.54) is 22.5 Å². The van der Waals surface area contributed by atoms with Crippen molar-refractivity contribution in [1.29, 1.82) is 0 Å². The SMILES string of the molecule is Cl.O=[N+]([O-])c1cccc(S(=O)(=O)N2CCC3NCCC3C2)c1. The summed E-state index contributed by atoms with van der Waals surface area (Å²) >= 11 is 0. The standard InChI is InChI=1S/C13H17N3O4S.ClH/c17-16(18)11-2-1-3-12(8-11)21(19,20)15-7-5-13-10(9-15)4-6-14-13;/h1-3,8,10,13-14H,4-7,9H2;1H. The van der Waals surface area contributed by atoms with Crippen molar-refractivity contribution in [3.05, 3.63) is 34.4 Å². The highest BCUT2D eigenvalue weighted by Gasteiger charge is 2.37. The van der Waals surface area contributed by atoms with Gasteiger partial charge in [0.05, 0.1) is 9.82 Å². The van der Waals surface area contributed by atoms with E-state index in [4.69, 9.17) is 0 Å². The van der Waals surface area contributed by atoms with Crippen LogP contribution in [-0.4, -0.2) is 43.3 Å². The summed E-state index contributed by atoms with van der Waals surface area (Å²) < 4.78 is 26.7. The topological polar surface area (TPSA) is 92.5 Å². The molecule has 2 aliphatic rings. The Morgan fingerprint density at radius 3 is 2.82 bits per heavy atom. The van der Waals surface area contributed by atoms with Gasteiger partial charge in [-0.2, -0.15) is 4.31 Å². The predicted molar refractivity (Wildman–Crippen MR) is 83.6 cm³/mol. The quantitative estimate of drug-likeness (QED) is 0.658. The molecule has 22 heavy (non-hydrogen) atoms. The largest absolute Gasteiger partial charge is 0.314 e. The minimum absolute atomic E-state index is 0. The molecule has 0 spiro atoms. The van der Waals surface area contributed by atoms with Crippen LogP contribution >= 0.6 is 12.4 Å². The summed E-state index contributed by atoms with van der Waals surface area (Å²) in [5.41, 5.74) is -0.200. The maximum Gasteiger partial charge on any atom is 0.270 e. The van der Waals surface area contributed by atoms with Crippen molar-refractivity contribution < 1.29 is 13.3 Å². The number of hydrogen-bond donors (Lipinski definition) is 1. The Morgan fingerprint density at radius 2 is 2.09 bits per heavy atom. The van der Waals surface area contributed by atoms with Crippen molar-refractivity contribution >= 4 is 28.1 Å². The number of nitrogens with zero attached hydrogens (tertiary/aromatic N) is 2. The molecule has 1 aromatic carbocycles. The Hall–Kier alpha value is -1.22. The van der Waals surface area contributed by atoms with Crippen molar-refractivity contribution in [3.8, 4) is 0 Å². The van der Waals surface area contributed by atoms with Gasteiger partial charge in [-0.3, -0.25) is 10.1 Å². The number of rotatable bonds is 3. The molecule has 2 fully saturated rings. The second-order valence-electron chi connectivity index (χ2n) is 5.52. The maximum absolute atomic E-state index is 12.6. The average Bonchev–Trinajstić information content (AvgIpc) is 2.94. The van der Waals surface area contributed by atoms with Crippen LogP contribution in [0.1, 0.15) is 12.8 Å². The number of sulfonamides is 1. The normalized spacial score (nSPS) is 25.3. The minimum Gasteiger partial charge on any atom is -0.314 e. The fourth-order valence-electron chi connectivity index (χ4n) is 3.14. The number of nitro benzene ring substituents is 1. The summed E-state index contributed by atoms with van der Waals surface area (Å²) in [6.07, 6.45) is 1.77. The van der Waals surface area contributed by atoms with Gasteiger partial charge in [0, 0.05) is 31.3 Å². The Labute approximate surface area is 135 Å². The van der Waals surface area contributed by atoms with Crippen molar-refractivity contribution in [2.45, 2.75) is 23.8 Å². The Morgan fingerprint density at radius 1 is 1.32 bits per heavy atom. The van der Waals surface area contributed by atoms with Crippen molar-refractivity contribution in [3.63, 3.8) is 0 Å². The van der Waals surface area contributed by atoms with Gasteiger partial charge in [-0.05, 0) is 31.4 Å². The molecule has 1 aromatic rings. The molecular formula is C13H18ClN3O4S. The lowest BCUT2D eigenvalue weighted by Gasteiger charge is -2.33. The molecule has 2 atom stereocenters. The number of piperidine rings is 1. The molecule has 2 unspecified atom stereocenters. The summed E-state index contributed by atoms with van der Waals surface area (Å²) in [5, 5.41) is 14.2. The van der Waals surface area contributed by atoms with E-state index in [1.807, 2.05) is 0 Å². The molecule has 1 N–H and O–H groups in total. The fourth-order valence-corrected chi connectivity index (χ4v) is 4.69. The van der Waals surface area contributed by atoms with E-state index >= 15 is 0 Å². The Bertz CT molecular complexity index is 667. The zero-order valence-electron chi connectivity index (χ0n) is 11.8. The molecule has 0 saturated carbocycles. The lowest BCUT2D eigenvalue weighted by Crippen LogP contribution is -2.46. The second kappa shape index (κ2) is 6.49. The number of halogens is 1. The number of nitrogens with one attached hydrogen (secondary N) is 1. The van der Waals surface area contributed by atoms with E-state index in [1.54, 1.807) is 0 Å². The first-order chi connectivity index (χ1) is 9.98. The number of hydrogen-bond acceptors (Lipinski definition) is 5. The number of non-ortho nitro benzene ring substituents is 1. The summed E-state index contributed by atoms with van der Waals surface area (Å²) in [5.74, 6) is 0.340. The van der Waals surface area contributed by atoms with Crippen LogP contribution in [0.25, 0.3) is 0 Å². The molecule has 0 radical (unpaired) electrons. The van der Waals surface area contributed by atoms with Crippen LogP contribution in [0.15, 0.2) is 29.2 Å². The van der Waals surface area contributed by atoms with Crippen molar-refractivity contribution in [1.82, 2.24) is 9.62 Å². The van der Waals surface area contributed by atoms with Gasteiger partial charge in [-0.25, -0.2) is 8.42 Å². The predicted octanol–water partition coefficient (Wildman–Crippen LogP) is 1.39. The number of nitro groups is 1. The highest BCUT2D eigenvalue weighted by Crippen LogP contribution is 2.29. The molecule has 122 valence electrons. The monoisotopic (exact) mass is 347 g/mol. The first-order valence-electron chi connectivity index (χ1n) is 6.96. The summed E-state index contributed by atoms with van der Waals surface area (Å²) in [6.45, 7) is 1.88. The lowest BCUT2D eigenvalue weighted by atomic mass is 9.95. The van der Waals surface area contributed by atoms with Gasteiger partial charge in [0.15, 0.2) is 0 Å². The molecule has 0 amide bonds. The van der Waals surface area contributed by atoms with Crippen LogP contribution in [-0.2, 0) is 10.0 Å². The van der Waals surface area contributed by atoms with Gasteiger partial charge in [0.25, 0.3) is 5.69 Å². The molecule has 0 aromatic heterocycles. The first-order valence-corrected chi connectivity index (χ1v) is 8.40. The molecule has 7 nitrogen and oxygen atoms in total. The molecule has 0 bridgehead atoms. The maximum atomic E-state index is 12.6. The van der Waals surface area contributed by atoms with E-state index in [2.05, 4.69) is 5.32 Å². The highest BCUT2D eigenvalue weighted by atomic mass is 35.5. The van der Waals surface area contributed by atoms with Gasteiger partial charge in [0.1, 0.15) is 0 Å². The third-order valence-electron chi connectivity index (χ3n) is 4.28. The van der Waals surface area contributed by atoms with E-state index in [0.717, 1.165) is 25.5 Å². The van der Waals surface area contributed by atoms with Crippen LogP contribution in [0.4, 0.5) is 5.69 Å². The van der Waals surface area contributed by atoms with Crippen LogP contribution in [0, 0.1) is 16.0 Å². The molecule has 2 heterocycles. The second-order valence-corrected chi connectivity index (χ2v) is 7.45. The molecule has 0 aliphatic carbocycles. The third-order valence-corrected chi connectivity index (χ3v) is 6.15. The van der Waals surface area contributed by atoms with Crippen molar-refractivity contribution in [2.75, 3.05) is 19.6 Å². The highest BCUT2D eigenvalue weighted by molar-refractivity contribution is 7.89. The zero-order valence-corrected chi connectivity index (χ0v) is 13.5. The lowest BCUT2D eigenvalue weighted by molar-refractivity contribution is -0.385. The Balaban J connectivity index is 0.00000176. The van der Waals surface area contributed by atoms with Crippen LogP contribution < -0.4 is 5.32 Å². The molecule has 9 heteroatoms. The first kappa shape index (κ1) is 17.1. The van der Waals surface area contributed by atoms with Crippen molar-refractivity contribution in [2.24, 2.45) is 5.92 Å². The number of fused-ring (bicyclic) bond motifs is 1. The van der Waals surface area contributed by atoms with Gasteiger partial charge < -0.3 is 5.32 Å². The fraction of sp³-hybridized carbons (Fsp3) is 0.538. The minimum atomic E-state index is -3.66. The zero-order chi connectivity index (χ0) is 15.0. The van der Waals surface area contributed by atoms with E-state index in [0.29, 0.717) is 25.0 Å². The van der Waals surface area contributed by atoms with Crippen LogP contribution in [0.5, 0.6) is 0 Å². The van der Waals surface area contributed by atoms with E-state index < -0.39 is 14.9 Å².